The molecule has 1 aromatic rings. The van der Waals surface area contributed by atoms with Crippen LogP contribution in [0.4, 0.5) is 23.2 Å². The summed E-state index contributed by atoms with van der Waals surface area (Å²) in [6.45, 7) is 1.21. The van der Waals surface area contributed by atoms with Gasteiger partial charge in [0.1, 0.15) is 5.82 Å². The first kappa shape index (κ1) is 19.0. The number of carbonyl (C=O) groups excluding carboxylic acids is 1. The monoisotopic (exact) mass is 366 g/mol. The zero-order valence-electron chi connectivity index (χ0n) is 12.9. The average molecular weight is 367 g/mol. The molecule has 8 heteroatoms. The summed E-state index contributed by atoms with van der Waals surface area (Å²) in [7, 11) is 0. The molecule has 2 atom stereocenters. The molecule has 0 unspecified atom stereocenters. The van der Waals surface area contributed by atoms with E-state index in [0.717, 1.165) is 31.9 Å². The molecule has 0 bridgehead atoms. The van der Waals surface area contributed by atoms with Gasteiger partial charge in [0, 0.05) is 6.54 Å². The van der Waals surface area contributed by atoms with Gasteiger partial charge in [0.2, 0.25) is 5.91 Å². The van der Waals surface area contributed by atoms with Crippen molar-refractivity contribution in [3.63, 3.8) is 0 Å². The van der Waals surface area contributed by atoms with E-state index in [1.807, 2.05) is 0 Å². The molecule has 1 amide bonds. The van der Waals surface area contributed by atoms with E-state index in [9.17, 15) is 22.4 Å². The predicted molar refractivity (Wildman–Crippen MR) is 84.5 cm³/mol. The van der Waals surface area contributed by atoms with Gasteiger partial charge in [-0.1, -0.05) is 12.8 Å². The van der Waals surface area contributed by atoms with Crippen LogP contribution in [0.15, 0.2) is 18.2 Å². The molecule has 0 aromatic heterocycles. The van der Waals surface area contributed by atoms with Crippen LogP contribution in [-0.2, 0) is 11.0 Å². The maximum atomic E-state index is 13.8. The van der Waals surface area contributed by atoms with Crippen molar-refractivity contribution in [3.05, 3.63) is 29.6 Å². The van der Waals surface area contributed by atoms with Gasteiger partial charge in [-0.15, -0.1) is 12.4 Å². The normalized spacial score (nSPS) is 26.4. The SMILES string of the molecule is Cl.O=C(Nc1cc(C(F)(F)F)ccc1F)[C@@]12CCCC[C@H]1CNC2. The maximum Gasteiger partial charge on any atom is 0.416 e. The lowest BCUT2D eigenvalue weighted by atomic mass is 9.67. The van der Waals surface area contributed by atoms with E-state index in [0.29, 0.717) is 25.1 Å². The summed E-state index contributed by atoms with van der Waals surface area (Å²) in [6, 6.07) is 2.06. The highest BCUT2D eigenvalue weighted by Crippen LogP contribution is 2.44. The first-order valence-corrected chi connectivity index (χ1v) is 7.72. The Hall–Kier alpha value is -1.34. The van der Waals surface area contributed by atoms with Crippen LogP contribution in [0.5, 0.6) is 0 Å². The first-order valence-electron chi connectivity index (χ1n) is 7.72. The largest absolute Gasteiger partial charge is 0.416 e. The van der Waals surface area contributed by atoms with E-state index in [-0.39, 0.29) is 24.2 Å². The van der Waals surface area contributed by atoms with Crippen molar-refractivity contribution in [1.82, 2.24) is 5.32 Å². The van der Waals surface area contributed by atoms with Crippen molar-refractivity contribution in [2.75, 3.05) is 18.4 Å². The molecular formula is C16H19ClF4N2O. The number of hydrogen-bond acceptors (Lipinski definition) is 2. The fourth-order valence-electron chi connectivity index (χ4n) is 3.73. The van der Waals surface area contributed by atoms with Crippen molar-refractivity contribution in [1.29, 1.82) is 0 Å². The third-order valence-corrected chi connectivity index (χ3v) is 5.03. The minimum Gasteiger partial charge on any atom is -0.323 e. The van der Waals surface area contributed by atoms with Crippen molar-refractivity contribution in [3.8, 4) is 0 Å². The Bertz CT molecular complexity index is 623. The zero-order valence-corrected chi connectivity index (χ0v) is 13.7. The van der Waals surface area contributed by atoms with Crippen LogP contribution in [0.1, 0.15) is 31.2 Å². The Balaban J connectivity index is 0.00000208. The van der Waals surface area contributed by atoms with Gasteiger partial charge in [-0.25, -0.2) is 4.39 Å². The van der Waals surface area contributed by atoms with Gasteiger partial charge in [0.05, 0.1) is 16.7 Å². The van der Waals surface area contributed by atoms with Gasteiger partial charge >= 0.3 is 6.18 Å². The summed E-state index contributed by atoms with van der Waals surface area (Å²) in [5.74, 6) is -1.09. The molecule has 1 heterocycles. The quantitative estimate of drug-likeness (QED) is 0.777. The van der Waals surface area contributed by atoms with E-state index in [4.69, 9.17) is 0 Å². The summed E-state index contributed by atoms with van der Waals surface area (Å²) in [5.41, 5.74) is -2.02. The summed E-state index contributed by atoms with van der Waals surface area (Å²) in [6.07, 6.45) is -1.05. The first-order chi connectivity index (χ1) is 10.8. The van der Waals surface area contributed by atoms with Crippen molar-refractivity contribution in [2.45, 2.75) is 31.9 Å². The molecule has 1 aliphatic carbocycles. The van der Waals surface area contributed by atoms with Gasteiger partial charge in [-0.2, -0.15) is 13.2 Å². The van der Waals surface area contributed by atoms with Crippen LogP contribution < -0.4 is 10.6 Å². The van der Waals surface area contributed by atoms with E-state index < -0.39 is 28.7 Å². The van der Waals surface area contributed by atoms with E-state index in [2.05, 4.69) is 10.6 Å². The molecule has 134 valence electrons. The predicted octanol–water partition coefficient (Wildman–Crippen LogP) is 3.98. The average Bonchev–Trinajstić information content (AvgIpc) is 2.93. The lowest BCUT2D eigenvalue weighted by molar-refractivity contribution is -0.137. The molecule has 24 heavy (non-hydrogen) atoms. The Morgan fingerprint density at radius 1 is 1.29 bits per heavy atom. The van der Waals surface area contributed by atoms with Crippen molar-refractivity contribution in [2.24, 2.45) is 11.3 Å². The number of hydrogen-bond donors (Lipinski definition) is 2. The molecule has 2 fully saturated rings. The van der Waals surface area contributed by atoms with Gasteiger partial charge < -0.3 is 10.6 Å². The van der Waals surface area contributed by atoms with Gasteiger partial charge in [-0.05, 0) is 43.5 Å². The highest BCUT2D eigenvalue weighted by atomic mass is 35.5. The molecule has 3 nitrogen and oxygen atoms in total. The van der Waals surface area contributed by atoms with Crippen molar-refractivity contribution >= 4 is 24.0 Å². The van der Waals surface area contributed by atoms with Crippen LogP contribution >= 0.6 is 12.4 Å². The van der Waals surface area contributed by atoms with Crippen LogP contribution in [0.3, 0.4) is 0 Å². The molecule has 0 radical (unpaired) electrons. The topological polar surface area (TPSA) is 41.1 Å². The van der Waals surface area contributed by atoms with Gasteiger partial charge in [0.15, 0.2) is 0 Å². The number of carbonyl (C=O) groups is 1. The molecular weight excluding hydrogens is 348 g/mol. The minimum atomic E-state index is -4.58. The number of amides is 1. The molecule has 2 aliphatic rings. The van der Waals surface area contributed by atoms with Crippen LogP contribution in [0.2, 0.25) is 0 Å². The smallest absolute Gasteiger partial charge is 0.323 e. The van der Waals surface area contributed by atoms with Gasteiger partial charge in [-0.3, -0.25) is 4.79 Å². The number of halogens is 5. The number of rotatable bonds is 2. The Morgan fingerprint density at radius 2 is 2.04 bits per heavy atom. The van der Waals surface area contributed by atoms with E-state index in [1.165, 1.54) is 0 Å². The third kappa shape index (κ3) is 3.37. The lowest BCUT2D eigenvalue weighted by Gasteiger charge is -2.37. The fraction of sp³-hybridized carbons (Fsp3) is 0.562. The zero-order chi connectivity index (χ0) is 16.7. The molecule has 3 rings (SSSR count). The number of nitrogens with one attached hydrogen (secondary N) is 2. The van der Waals surface area contributed by atoms with Crippen LogP contribution in [-0.4, -0.2) is 19.0 Å². The second kappa shape index (κ2) is 6.88. The summed E-state index contributed by atoms with van der Waals surface area (Å²) < 4.78 is 52.1. The molecule has 1 saturated carbocycles. The maximum absolute atomic E-state index is 13.8. The Morgan fingerprint density at radius 3 is 2.75 bits per heavy atom. The Labute approximate surface area is 143 Å². The molecule has 1 aromatic carbocycles. The second-order valence-electron chi connectivity index (χ2n) is 6.38. The fourth-order valence-corrected chi connectivity index (χ4v) is 3.73. The number of fused-ring (bicyclic) bond motifs is 1. The number of anilines is 1. The van der Waals surface area contributed by atoms with E-state index in [1.54, 1.807) is 0 Å². The van der Waals surface area contributed by atoms with E-state index >= 15 is 0 Å². The molecule has 0 spiro atoms. The summed E-state index contributed by atoms with van der Waals surface area (Å²) in [4.78, 5) is 12.7. The lowest BCUT2D eigenvalue weighted by Crippen LogP contribution is -2.44. The highest BCUT2D eigenvalue weighted by molar-refractivity contribution is 5.96. The molecule has 1 aliphatic heterocycles. The van der Waals surface area contributed by atoms with Gasteiger partial charge in [0.25, 0.3) is 0 Å². The Kier molecular flexibility index (Phi) is 5.44. The standard InChI is InChI=1S/C16H18F4N2O.ClH/c17-12-5-4-10(16(18,19)20)7-13(12)22-14(23)15-6-2-1-3-11(15)8-21-9-15;/h4-5,7,11,21H,1-3,6,8-9H2,(H,22,23);1H/t11-,15+;/m0./s1. The number of benzene rings is 1. The van der Waals surface area contributed by atoms with Crippen molar-refractivity contribution < 1.29 is 22.4 Å². The number of alkyl halides is 3. The van der Waals surface area contributed by atoms with Crippen LogP contribution in [0.25, 0.3) is 0 Å². The second-order valence-corrected chi connectivity index (χ2v) is 6.38. The molecule has 1 saturated heterocycles. The molecule has 2 N–H and O–H groups in total. The summed E-state index contributed by atoms with van der Waals surface area (Å²) in [5, 5.41) is 5.59. The highest BCUT2D eigenvalue weighted by Gasteiger charge is 2.50. The third-order valence-electron chi connectivity index (χ3n) is 5.03. The van der Waals surface area contributed by atoms with Crippen LogP contribution in [0, 0.1) is 17.2 Å². The summed E-state index contributed by atoms with van der Waals surface area (Å²) >= 11 is 0. The minimum absolute atomic E-state index is 0.